The Labute approximate surface area is 99.8 Å². The Bertz CT molecular complexity index is 542. The summed E-state index contributed by atoms with van der Waals surface area (Å²) in [6, 6.07) is 6.24. The van der Waals surface area contributed by atoms with Gasteiger partial charge in [-0.15, -0.1) is 0 Å². The number of H-pyrrole nitrogens is 1. The number of esters is 1. The van der Waals surface area contributed by atoms with Gasteiger partial charge in [-0.05, 0) is 55.5 Å². The van der Waals surface area contributed by atoms with Crippen LogP contribution in [0, 0.1) is 0 Å². The van der Waals surface area contributed by atoms with Crippen LogP contribution in [-0.2, 0) is 17.6 Å². The monoisotopic (exact) mass is 229 g/mol. The third kappa shape index (κ3) is 1.71. The fourth-order valence-electron chi connectivity index (χ4n) is 2.53. The number of carbonyl (C=O) groups excluding carboxylic acids is 1. The normalized spacial score (nSPS) is 13.9. The number of aromatic nitrogens is 1. The lowest BCUT2D eigenvalue weighted by Gasteiger charge is -1.98. The van der Waals surface area contributed by atoms with Crippen LogP contribution >= 0.6 is 0 Å². The average Bonchev–Trinajstić information content (AvgIpc) is 2.90. The molecule has 1 N–H and O–H groups in total. The van der Waals surface area contributed by atoms with Crippen molar-refractivity contribution in [1.82, 2.24) is 4.98 Å². The molecule has 88 valence electrons. The lowest BCUT2D eigenvalue weighted by molar-refractivity contribution is 0.0520. The summed E-state index contributed by atoms with van der Waals surface area (Å²) >= 11 is 0. The first-order valence-corrected chi connectivity index (χ1v) is 6.09. The van der Waals surface area contributed by atoms with E-state index in [9.17, 15) is 4.79 Å². The van der Waals surface area contributed by atoms with E-state index in [1.807, 2.05) is 13.0 Å². The first kappa shape index (κ1) is 10.4. The van der Waals surface area contributed by atoms with Crippen LogP contribution in [0.4, 0.5) is 0 Å². The van der Waals surface area contributed by atoms with Gasteiger partial charge in [0.2, 0.25) is 0 Å². The molecule has 1 heterocycles. The van der Waals surface area contributed by atoms with E-state index >= 15 is 0 Å². The number of benzene rings is 1. The molecule has 0 bridgehead atoms. The molecule has 1 aromatic heterocycles. The van der Waals surface area contributed by atoms with Crippen molar-refractivity contribution in [1.29, 1.82) is 0 Å². The number of ether oxygens (including phenoxy) is 1. The minimum atomic E-state index is -0.274. The minimum absolute atomic E-state index is 0.274. The van der Waals surface area contributed by atoms with E-state index in [-0.39, 0.29) is 5.97 Å². The molecule has 3 heteroatoms. The van der Waals surface area contributed by atoms with Crippen LogP contribution in [0.25, 0.3) is 10.9 Å². The maximum Gasteiger partial charge on any atom is 0.354 e. The van der Waals surface area contributed by atoms with Gasteiger partial charge in [0, 0.05) is 10.9 Å². The molecular weight excluding hydrogens is 214 g/mol. The SMILES string of the molecule is CCOC(=O)c1cc2cc3c(cc2[nH]1)CCC3. The highest BCUT2D eigenvalue weighted by atomic mass is 16.5. The molecule has 0 saturated heterocycles. The summed E-state index contributed by atoms with van der Waals surface area (Å²) in [6.45, 7) is 2.22. The van der Waals surface area contributed by atoms with Crippen molar-refractivity contribution in [3.63, 3.8) is 0 Å². The van der Waals surface area contributed by atoms with Crippen molar-refractivity contribution in [2.24, 2.45) is 0 Å². The van der Waals surface area contributed by atoms with E-state index in [4.69, 9.17) is 4.74 Å². The third-order valence-corrected chi connectivity index (χ3v) is 3.33. The Balaban J connectivity index is 2.05. The van der Waals surface area contributed by atoms with Crippen LogP contribution in [-0.4, -0.2) is 17.6 Å². The fraction of sp³-hybridized carbons (Fsp3) is 0.357. The largest absolute Gasteiger partial charge is 0.461 e. The summed E-state index contributed by atoms with van der Waals surface area (Å²) in [5, 5.41) is 1.11. The Hall–Kier alpha value is -1.77. The molecule has 0 unspecified atom stereocenters. The van der Waals surface area contributed by atoms with Crippen molar-refractivity contribution in [2.45, 2.75) is 26.2 Å². The lowest BCUT2D eigenvalue weighted by atomic mass is 10.1. The predicted octanol–water partition coefficient (Wildman–Crippen LogP) is 2.83. The predicted molar refractivity (Wildman–Crippen MR) is 66.3 cm³/mol. The van der Waals surface area contributed by atoms with Crippen LogP contribution in [0.5, 0.6) is 0 Å². The van der Waals surface area contributed by atoms with Crippen molar-refractivity contribution in [3.05, 3.63) is 35.0 Å². The maximum atomic E-state index is 11.6. The van der Waals surface area contributed by atoms with E-state index in [1.165, 1.54) is 17.5 Å². The van der Waals surface area contributed by atoms with Crippen LogP contribution in [0.3, 0.4) is 0 Å². The summed E-state index contributed by atoms with van der Waals surface area (Å²) in [6.07, 6.45) is 3.55. The van der Waals surface area contributed by atoms with Crippen LogP contribution < -0.4 is 0 Å². The number of hydrogen-bond acceptors (Lipinski definition) is 2. The summed E-state index contributed by atoms with van der Waals surface area (Å²) < 4.78 is 4.99. The third-order valence-electron chi connectivity index (χ3n) is 3.33. The molecule has 0 aliphatic heterocycles. The molecule has 0 amide bonds. The fourth-order valence-corrected chi connectivity index (χ4v) is 2.53. The molecule has 3 nitrogen and oxygen atoms in total. The van der Waals surface area contributed by atoms with E-state index in [2.05, 4.69) is 17.1 Å². The molecule has 0 atom stereocenters. The zero-order valence-electron chi connectivity index (χ0n) is 9.88. The Morgan fingerprint density at radius 2 is 2.06 bits per heavy atom. The zero-order valence-corrected chi connectivity index (χ0v) is 9.88. The van der Waals surface area contributed by atoms with Gasteiger partial charge in [-0.3, -0.25) is 0 Å². The Morgan fingerprint density at radius 3 is 2.82 bits per heavy atom. The number of rotatable bonds is 2. The summed E-state index contributed by atoms with van der Waals surface area (Å²) in [5.41, 5.74) is 4.42. The van der Waals surface area contributed by atoms with E-state index in [0.29, 0.717) is 12.3 Å². The summed E-state index contributed by atoms with van der Waals surface area (Å²) in [4.78, 5) is 14.7. The van der Waals surface area contributed by atoms with Crippen molar-refractivity contribution >= 4 is 16.9 Å². The number of aromatic amines is 1. The molecule has 0 saturated carbocycles. The highest BCUT2D eigenvalue weighted by Gasteiger charge is 2.15. The molecule has 2 aromatic rings. The Kier molecular flexibility index (Phi) is 2.39. The van der Waals surface area contributed by atoms with Gasteiger partial charge in [-0.1, -0.05) is 0 Å². The number of hydrogen-bond donors (Lipinski definition) is 1. The second kappa shape index (κ2) is 3.91. The van der Waals surface area contributed by atoms with Gasteiger partial charge in [0.15, 0.2) is 0 Å². The molecule has 3 rings (SSSR count). The molecule has 0 radical (unpaired) electrons. The van der Waals surface area contributed by atoms with Gasteiger partial charge in [0.05, 0.1) is 6.61 Å². The van der Waals surface area contributed by atoms with Gasteiger partial charge in [-0.25, -0.2) is 4.79 Å². The average molecular weight is 229 g/mol. The first-order chi connectivity index (χ1) is 8.28. The summed E-state index contributed by atoms with van der Waals surface area (Å²) in [7, 11) is 0. The second-order valence-electron chi connectivity index (χ2n) is 4.47. The molecule has 0 fully saturated rings. The lowest BCUT2D eigenvalue weighted by Crippen LogP contribution is -2.04. The molecular formula is C14H15NO2. The van der Waals surface area contributed by atoms with E-state index in [0.717, 1.165) is 23.7 Å². The molecule has 1 aliphatic carbocycles. The van der Waals surface area contributed by atoms with Gasteiger partial charge >= 0.3 is 5.97 Å². The maximum absolute atomic E-state index is 11.6. The smallest absolute Gasteiger partial charge is 0.354 e. The van der Waals surface area contributed by atoms with Crippen LogP contribution in [0.2, 0.25) is 0 Å². The molecule has 1 aliphatic rings. The van der Waals surface area contributed by atoms with Gasteiger partial charge < -0.3 is 9.72 Å². The van der Waals surface area contributed by atoms with Gasteiger partial charge in [0.1, 0.15) is 5.69 Å². The topological polar surface area (TPSA) is 42.1 Å². The molecule has 17 heavy (non-hydrogen) atoms. The Morgan fingerprint density at radius 1 is 1.29 bits per heavy atom. The van der Waals surface area contributed by atoms with Gasteiger partial charge in [0.25, 0.3) is 0 Å². The van der Waals surface area contributed by atoms with Crippen molar-refractivity contribution in [2.75, 3.05) is 6.61 Å². The van der Waals surface area contributed by atoms with E-state index in [1.54, 1.807) is 0 Å². The molecule has 1 aromatic carbocycles. The number of carbonyl (C=O) groups is 1. The minimum Gasteiger partial charge on any atom is -0.461 e. The van der Waals surface area contributed by atoms with E-state index < -0.39 is 0 Å². The standard InChI is InChI=1S/C14H15NO2/c1-2-17-14(16)13-8-11-6-9-4-3-5-10(9)7-12(11)15-13/h6-8,15H,2-5H2,1H3. The number of aryl methyl sites for hydroxylation is 2. The molecule has 0 spiro atoms. The zero-order chi connectivity index (χ0) is 11.8. The first-order valence-electron chi connectivity index (χ1n) is 6.09. The number of fused-ring (bicyclic) bond motifs is 2. The van der Waals surface area contributed by atoms with Crippen molar-refractivity contribution in [3.8, 4) is 0 Å². The van der Waals surface area contributed by atoms with Crippen LogP contribution in [0.1, 0.15) is 35.0 Å². The highest BCUT2D eigenvalue weighted by Crippen LogP contribution is 2.27. The van der Waals surface area contributed by atoms with Crippen LogP contribution in [0.15, 0.2) is 18.2 Å². The summed E-state index contributed by atoms with van der Waals surface area (Å²) in [5.74, 6) is -0.274. The highest BCUT2D eigenvalue weighted by molar-refractivity contribution is 5.95. The van der Waals surface area contributed by atoms with Crippen molar-refractivity contribution < 1.29 is 9.53 Å². The quantitative estimate of drug-likeness (QED) is 0.804. The number of nitrogens with one attached hydrogen (secondary N) is 1. The second-order valence-corrected chi connectivity index (χ2v) is 4.47. The van der Waals surface area contributed by atoms with Gasteiger partial charge in [-0.2, -0.15) is 0 Å².